The molecule has 0 N–H and O–H groups in total. The summed E-state index contributed by atoms with van der Waals surface area (Å²) in [6, 6.07) is 1.58. The Balaban J connectivity index is 3.02. The Morgan fingerprint density at radius 2 is 1.05 bits per heavy atom. The van der Waals surface area contributed by atoms with Gasteiger partial charge in [-0.15, -0.1) is 0 Å². The molecule has 120 valence electrons. The second-order valence-corrected chi connectivity index (χ2v) is 6.96. The average molecular weight is 293 g/mol. The molecule has 5 nitrogen and oxygen atoms in total. The molecule has 0 unspecified atom stereocenters. The fourth-order valence-electron chi connectivity index (χ4n) is 3.60. The lowest BCUT2D eigenvalue weighted by atomic mass is 9.78. The Labute approximate surface area is 131 Å². The molecule has 1 saturated heterocycles. The van der Waals surface area contributed by atoms with E-state index >= 15 is 0 Å². The van der Waals surface area contributed by atoms with E-state index in [-0.39, 0.29) is 6.98 Å². The van der Waals surface area contributed by atoms with Crippen molar-refractivity contribution in [3.8, 4) is 5.97 Å². The summed E-state index contributed by atoms with van der Waals surface area (Å²) >= 11 is 0. The number of hydrogen-bond acceptors (Lipinski definition) is 5. The van der Waals surface area contributed by atoms with Gasteiger partial charge in [-0.3, -0.25) is 0 Å². The van der Waals surface area contributed by atoms with Gasteiger partial charge in [0.05, 0.1) is 5.97 Å². The summed E-state index contributed by atoms with van der Waals surface area (Å²) in [5.74, 6) is 2.51. The van der Waals surface area contributed by atoms with Crippen molar-refractivity contribution >= 4 is 6.98 Å². The predicted molar refractivity (Wildman–Crippen MR) is 89.0 cm³/mol. The zero-order valence-electron chi connectivity index (χ0n) is 15.0. The fourth-order valence-corrected chi connectivity index (χ4v) is 3.60. The minimum Gasteiger partial charge on any atom is -0.248 e. The van der Waals surface area contributed by atoms with Crippen LogP contribution in [0.5, 0.6) is 0 Å². The molecule has 1 heterocycles. The summed E-state index contributed by atoms with van der Waals surface area (Å²) in [4.78, 5) is 4.49. The van der Waals surface area contributed by atoms with Gasteiger partial charge in [0.2, 0.25) is 0 Å². The van der Waals surface area contributed by atoms with Gasteiger partial charge in [0, 0.05) is 37.3 Å². The summed E-state index contributed by atoms with van der Waals surface area (Å²) in [7, 11) is 0. The smallest absolute Gasteiger partial charge is 0.248 e. The third kappa shape index (κ3) is 3.98. The molecule has 1 aliphatic rings. The van der Waals surface area contributed by atoms with Gasteiger partial charge in [-0.25, -0.2) is 25.1 Å². The average Bonchev–Trinajstić information content (AvgIpc) is 2.70. The molecule has 0 bridgehead atoms. The molecule has 0 spiro atoms. The third-order valence-electron chi connectivity index (χ3n) is 3.95. The van der Waals surface area contributed by atoms with Gasteiger partial charge in [-0.1, -0.05) is 0 Å². The number of nitrogens with zero attached hydrogens (tertiary/aromatic N) is 5. The molecule has 0 aromatic heterocycles. The van der Waals surface area contributed by atoms with Crippen molar-refractivity contribution in [2.45, 2.75) is 79.6 Å². The molecule has 0 aliphatic carbocycles. The molecule has 0 amide bonds. The van der Waals surface area contributed by atoms with E-state index in [2.05, 4.69) is 81.2 Å². The topological polar surface area (TPSA) is 36.8 Å². The van der Waals surface area contributed by atoms with Crippen molar-refractivity contribution in [3.05, 3.63) is 0 Å². The van der Waals surface area contributed by atoms with E-state index in [4.69, 9.17) is 0 Å². The molecular weight excluding hydrogens is 261 g/mol. The van der Waals surface area contributed by atoms with Crippen molar-refractivity contribution in [2.24, 2.45) is 0 Å². The Bertz CT molecular complexity index is 320. The summed E-state index contributed by atoms with van der Waals surface area (Å²) < 4.78 is 0. The Hall–Kier alpha value is -0.605. The van der Waals surface area contributed by atoms with Gasteiger partial charge in [-0.2, -0.15) is 0 Å². The number of hydrogen-bond donors (Lipinski definition) is 0. The molecule has 0 aromatic rings. The zero-order chi connectivity index (χ0) is 16.3. The second-order valence-electron chi connectivity index (χ2n) is 6.96. The highest BCUT2D eigenvalue weighted by Crippen LogP contribution is 2.22. The highest BCUT2D eigenvalue weighted by Gasteiger charge is 2.45. The standard InChI is InChI=1S/C15H32BN5/c1-12(2)20(13(3)4)18-9-10-19(16(18)11-17)21(14(5)6)15(7)8/h12-15H,9-10H2,1-8H3. The van der Waals surface area contributed by atoms with Crippen molar-refractivity contribution in [1.82, 2.24) is 19.9 Å². The van der Waals surface area contributed by atoms with Crippen LogP contribution in [0.4, 0.5) is 0 Å². The number of rotatable bonds is 6. The van der Waals surface area contributed by atoms with Crippen LogP contribution < -0.4 is 0 Å². The number of hydrazine groups is 2. The first-order chi connectivity index (χ1) is 9.72. The van der Waals surface area contributed by atoms with E-state index in [0.29, 0.717) is 24.2 Å². The van der Waals surface area contributed by atoms with E-state index in [1.165, 1.54) is 0 Å². The van der Waals surface area contributed by atoms with Crippen LogP contribution in [0.15, 0.2) is 0 Å². The summed E-state index contributed by atoms with van der Waals surface area (Å²) in [6.45, 7) is 19.2. The van der Waals surface area contributed by atoms with Crippen LogP contribution in [0, 0.1) is 11.2 Å². The van der Waals surface area contributed by atoms with Crippen molar-refractivity contribution in [3.63, 3.8) is 0 Å². The van der Waals surface area contributed by atoms with Crippen LogP contribution in [0.2, 0.25) is 0 Å². The molecule has 1 rings (SSSR count). The van der Waals surface area contributed by atoms with Crippen molar-refractivity contribution in [2.75, 3.05) is 13.1 Å². The van der Waals surface area contributed by atoms with Crippen LogP contribution in [0.3, 0.4) is 0 Å². The SMILES string of the molecule is CC(C)N(C(C)C)N1CCN(N(C(C)C)C(C)C)B1C#N. The maximum absolute atomic E-state index is 9.75. The normalized spacial score (nSPS) is 18.2. The van der Waals surface area contributed by atoms with Crippen molar-refractivity contribution < 1.29 is 0 Å². The van der Waals surface area contributed by atoms with Gasteiger partial charge in [0.1, 0.15) is 0 Å². The van der Waals surface area contributed by atoms with E-state index in [0.717, 1.165) is 13.1 Å². The molecule has 0 saturated carbocycles. The van der Waals surface area contributed by atoms with Gasteiger partial charge in [0.25, 0.3) is 0 Å². The van der Waals surface area contributed by atoms with Crippen LogP contribution in [-0.4, -0.2) is 64.1 Å². The predicted octanol–water partition coefficient (Wildman–Crippen LogP) is 2.22. The van der Waals surface area contributed by atoms with Gasteiger partial charge in [-0.05, 0) is 55.4 Å². The lowest BCUT2D eigenvalue weighted by Gasteiger charge is -2.42. The third-order valence-corrected chi connectivity index (χ3v) is 3.95. The van der Waals surface area contributed by atoms with E-state index in [9.17, 15) is 5.26 Å². The lowest BCUT2D eigenvalue weighted by molar-refractivity contribution is -0.00850. The molecule has 0 atom stereocenters. The van der Waals surface area contributed by atoms with Gasteiger partial charge >= 0.3 is 6.98 Å². The number of nitriles is 1. The monoisotopic (exact) mass is 293 g/mol. The van der Waals surface area contributed by atoms with E-state index in [1.54, 1.807) is 0 Å². The molecule has 0 radical (unpaired) electrons. The molecule has 1 aliphatic heterocycles. The summed E-state index contributed by atoms with van der Waals surface area (Å²) in [5.41, 5.74) is 0. The minimum atomic E-state index is -0.209. The molecular formula is C15H32BN5. The molecule has 1 fully saturated rings. The van der Waals surface area contributed by atoms with E-state index < -0.39 is 0 Å². The van der Waals surface area contributed by atoms with Gasteiger partial charge < -0.3 is 0 Å². The first-order valence-electron chi connectivity index (χ1n) is 8.21. The highest BCUT2D eigenvalue weighted by molar-refractivity contribution is 6.61. The van der Waals surface area contributed by atoms with Crippen LogP contribution in [0.1, 0.15) is 55.4 Å². The molecule has 0 aromatic carbocycles. The first kappa shape index (κ1) is 18.4. The Morgan fingerprint density at radius 3 is 1.24 bits per heavy atom. The van der Waals surface area contributed by atoms with Gasteiger partial charge in [0.15, 0.2) is 0 Å². The highest BCUT2D eigenvalue weighted by atomic mass is 15.7. The first-order valence-corrected chi connectivity index (χ1v) is 8.21. The van der Waals surface area contributed by atoms with Crippen LogP contribution in [0.25, 0.3) is 0 Å². The van der Waals surface area contributed by atoms with E-state index in [1.807, 2.05) is 0 Å². The molecule has 21 heavy (non-hydrogen) atoms. The maximum Gasteiger partial charge on any atom is 0.461 e. The maximum atomic E-state index is 9.75. The summed E-state index contributed by atoms with van der Waals surface area (Å²) in [6.07, 6.45) is 0. The lowest BCUT2D eigenvalue weighted by Crippen LogP contribution is -2.61. The van der Waals surface area contributed by atoms with Crippen LogP contribution in [-0.2, 0) is 0 Å². The van der Waals surface area contributed by atoms with Crippen LogP contribution >= 0.6 is 0 Å². The fraction of sp³-hybridized carbons (Fsp3) is 0.933. The largest absolute Gasteiger partial charge is 0.461 e. The zero-order valence-corrected chi connectivity index (χ0v) is 15.0. The minimum absolute atomic E-state index is 0.209. The Kier molecular flexibility index (Phi) is 6.67. The molecule has 6 heteroatoms. The Morgan fingerprint density at radius 1 is 0.762 bits per heavy atom. The summed E-state index contributed by atoms with van der Waals surface area (Å²) in [5, 5.41) is 14.4. The second kappa shape index (κ2) is 7.60. The van der Waals surface area contributed by atoms with Crippen molar-refractivity contribution in [1.29, 1.82) is 5.26 Å². The quantitative estimate of drug-likeness (QED) is 0.702.